The van der Waals surface area contributed by atoms with Gasteiger partial charge < -0.3 is 9.84 Å². The lowest BCUT2D eigenvalue weighted by Gasteiger charge is -2.30. The monoisotopic (exact) mass is 286 g/mol. The minimum atomic E-state index is 0.175. The first kappa shape index (κ1) is 14.2. The Labute approximate surface area is 125 Å². The van der Waals surface area contributed by atoms with E-state index in [0.717, 1.165) is 37.8 Å². The fourth-order valence-electron chi connectivity index (χ4n) is 2.86. The van der Waals surface area contributed by atoms with Crippen LogP contribution in [-0.2, 0) is 0 Å². The van der Waals surface area contributed by atoms with Crippen molar-refractivity contribution in [1.29, 1.82) is 0 Å². The Bertz CT molecular complexity index is 569. The quantitative estimate of drug-likeness (QED) is 0.933. The van der Waals surface area contributed by atoms with E-state index in [9.17, 15) is 0 Å². The molecule has 2 heterocycles. The number of likely N-dealkylation sites (N-methyl/N-ethyl adjacent to an activating group) is 1. The number of benzene rings is 1. The lowest BCUT2D eigenvalue weighted by molar-refractivity contribution is 0.190. The van der Waals surface area contributed by atoms with Crippen LogP contribution in [0.15, 0.2) is 34.9 Å². The number of nitrogens with zero attached hydrogens (tertiary/aromatic N) is 3. The largest absolute Gasteiger partial charge is 0.339 e. The van der Waals surface area contributed by atoms with E-state index in [1.165, 1.54) is 5.56 Å². The van der Waals surface area contributed by atoms with Crippen molar-refractivity contribution in [3.8, 4) is 0 Å². The lowest BCUT2D eigenvalue weighted by atomic mass is 9.96. The van der Waals surface area contributed by atoms with Crippen LogP contribution in [0.2, 0.25) is 0 Å². The van der Waals surface area contributed by atoms with Gasteiger partial charge in [0.2, 0.25) is 5.89 Å². The maximum atomic E-state index is 5.56. The molecule has 2 atom stereocenters. The molecular formula is C16H22N4O. The predicted molar refractivity (Wildman–Crippen MR) is 81.1 cm³/mol. The number of piperazine rings is 1. The molecule has 0 saturated carbocycles. The molecule has 1 aliphatic rings. The van der Waals surface area contributed by atoms with Crippen molar-refractivity contribution in [2.75, 3.05) is 26.7 Å². The van der Waals surface area contributed by atoms with Crippen LogP contribution in [-0.4, -0.2) is 41.7 Å². The van der Waals surface area contributed by atoms with E-state index < -0.39 is 0 Å². The molecule has 0 amide bonds. The van der Waals surface area contributed by atoms with E-state index in [4.69, 9.17) is 4.52 Å². The van der Waals surface area contributed by atoms with Gasteiger partial charge in [-0.05, 0) is 19.0 Å². The molecule has 0 aliphatic carbocycles. The highest BCUT2D eigenvalue weighted by Crippen LogP contribution is 2.28. The van der Waals surface area contributed by atoms with Gasteiger partial charge in [-0.3, -0.25) is 4.90 Å². The van der Waals surface area contributed by atoms with Crippen LogP contribution in [0.4, 0.5) is 0 Å². The Balaban J connectivity index is 1.83. The van der Waals surface area contributed by atoms with Gasteiger partial charge in [0, 0.05) is 19.6 Å². The molecule has 3 rings (SSSR count). The number of hydrogen-bond acceptors (Lipinski definition) is 5. The average Bonchev–Trinajstić information content (AvgIpc) is 2.99. The molecule has 1 aromatic heterocycles. The third-order valence-corrected chi connectivity index (χ3v) is 4.17. The van der Waals surface area contributed by atoms with Crippen molar-refractivity contribution in [3.05, 3.63) is 47.6 Å². The third-order valence-electron chi connectivity index (χ3n) is 4.17. The highest BCUT2D eigenvalue weighted by molar-refractivity contribution is 5.24. The smallest absolute Gasteiger partial charge is 0.234 e. The van der Waals surface area contributed by atoms with Gasteiger partial charge in [0.05, 0.1) is 12.0 Å². The summed E-state index contributed by atoms with van der Waals surface area (Å²) in [6, 6.07) is 10.6. The Morgan fingerprint density at radius 1 is 1.38 bits per heavy atom. The summed E-state index contributed by atoms with van der Waals surface area (Å²) < 4.78 is 5.56. The number of rotatable bonds is 4. The molecule has 1 aromatic carbocycles. The van der Waals surface area contributed by atoms with Gasteiger partial charge in [0.15, 0.2) is 5.82 Å². The van der Waals surface area contributed by atoms with E-state index in [1.54, 1.807) is 0 Å². The van der Waals surface area contributed by atoms with E-state index in [1.807, 2.05) is 18.2 Å². The van der Waals surface area contributed by atoms with Gasteiger partial charge in [-0.1, -0.05) is 42.4 Å². The van der Waals surface area contributed by atoms with Crippen LogP contribution in [0.5, 0.6) is 0 Å². The Kier molecular flexibility index (Phi) is 4.31. The summed E-state index contributed by atoms with van der Waals surface area (Å²) >= 11 is 0. The molecule has 2 aromatic rings. The van der Waals surface area contributed by atoms with Crippen LogP contribution < -0.4 is 5.32 Å². The summed E-state index contributed by atoms with van der Waals surface area (Å²) in [5, 5.41) is 7.60. The second kappa shape index (κ2) is 6.37. The summed E-state index contributed by atoms with van der Waals surface area (Å²) in [5.74, 6) is 1.68. The summed E-state index contributed by atoms with van der Waals surface area (Å²) in [7, 11) is 2.11. The zero-order chi connectivity index (χ0) is 14.7. The zero-order valence-electron chi connectivity index (χ0n) is 12.6. The molecule has 0 radical (unpaired) electrons. The Morgan fingerprint density at radius 2 is 2.19 bits per heavy atom. The van der Waals surface area contributed by atoms with E-state index in [0.29, 0.717) is 0 Å². The van der Waals surface area contributed by atoms with Crippen molar-refractivity contribution in [2.24, 2.45) is 0 Å². The first-order valence-corrected chi connectivity index (χ1v) is 7.59. The average molecular weight is 286 g/mol. The number of aromatic nitrogens is 2. The van der Waals surface area contributed by atoms with Gasteiger partial charge in [-0.25, -0.2) is 0 Å². The van der Waals surface area contributed by atoms with Crippen LogP contribution in [0.1, 0.15) is 42.6 Å². The molecule has 0 spiro atoms. The van der Waals surface area contributed by atoms with Gasteiger partial charge in [-0.15, -0.1) is 0 Å². The summed E-state index contributed by atoms with van der Waals surface area (Å²) in [4.78, 5) is 6.94. The highest BCUT2D eigenvalue weighted by Gasteiger charge is 2.27. The second-order valence-electron chi connectivity index (χ2n) is 5.56. The first-order chi connectivity index (χ1) is 10.3. The molecule has 21 heavy (non-hydrogen) atoms. The standard InChI is InChI=1S/C16H22N4O/c1-3-13(12-7-5-4-6-8-12)16-18-15(19-21-16)14-11-17-9-10-20(14)2/h4-8,13-14,17H,3,9-11H2,1-2H3. The molecule has 1 aliphatic heterocycles. The van der Waals surface area contributed by atoms with Gasteiger partial charge in [0.25, 0.3) is 0 Å². The molecular weight excluding hydrogens is 264 g/mol. The summed E-state index contributed by atoms with van der Waals surface area (Å²) in [6.07, 6.45) is 0.949. The van der Waals surface area contributed by atoms with Crippen molar-refractivity contribution in [1.82, 2.24) is 20.4 Å². The van der Waals surface area contributed by atoms with Crippen molar-refractivity contribution < 1.29 is 4.52 Å². The maximum absolute atomic E-state index is 5.56. The fraction of sp³-hybridized carbons (Fsp3) is 0.500. The summed E-state index contributed by atoms with van der Waals surface area (Å²) in [5.41, 5.74) is 1.23. The van der Waals surface area contributed by atoms with Crippen molar-refractivity contribution in [3.63, 3.8) is 0 Å². The van der Waals surface area contributed by atoms with Crippen LogP contribution in [0.3, 0.4) is 0 Å². The molecule has 2 unspecified atom stereocenters. The number of hydrogen-bond donors (Lipinski definition) is 1. The minimum absolute atomic E-state index is 0.175. The minimum Gasteiger partial charge on any atom is -0.339 e. The van der Waals surface area contributed by atoms with Gasteiger partial charge >= 0.3 is 0 Å². The van der Waals surface area contributed by atoms with Gasteiger partial charge in [-0.2, -0.15) is 4.98 Å². The molecule has 0 bridgehead atoms. The van der Waals surface area contributed by atoms with Crippen molar-refractivity contribution >= 4 is 0 Å². The Morgan fingerprint density at radius 3 is 2.90 bits per heavy atom. The normalized spacial score (nSPS) is 21.3. The van der Waals surface area contributed by atoms with E-state index in [2.05, 4.69) is 46.5 Å². The summed E-state index contributed by atoms with van der Waals surface area (Å²) in [6.45, 7) is 5.04. The molecule has 5 heteroatoms. The predicted octanol–water partition coefficient (Wildman–Crippen LogP) is 2.19. The molecule has 1 fully saturated rings. The SMILES string of the molecule is CCC(c1ccccc1)c1nc(C2CNCCN2C)no1. The van der Waals surface area contributed by atoms with Crippen molar-refractivity contribution in [2.45, 2.75) is 25.3 Å². The second-order valence-corrected chi connectivity index (χ2v) is 5.56. The van der Waals surface area contributed by atoms with Crippen LogP contribution in [0, 0.1) is 0 Å². The number of nitrogens with one attached hydrogen (secondary N) is 1. The zero-order valence-corrected chi connectivity index (χ0v) is 12.6. The Hall–Kier alpha value is -1.72. The first-order valence-electron chi connectivity index (χ1n) is 7.59. The fourth-order valence-corrected chi connectivity index (χ4v) is 2.86. The molecule has 112 valence electrons. The topological polar surface area (TPSA) is 54.2 Å². The molecule has 1 saturated heterocycles. The van der Waals surface area contributed by atoms with Crippen LogP contribution >= 0.6 is 0 Å². The van der Waals surface area contributed by atoms with E-state index >= 15 is 0 Å². The van der Waals surface area contributed by atoms with Crippen LogP contribution in [0.25, 0.3) is 0 Å². The third kappa shape index (κ3) is 2.99. The molecule has 5 nitrogen and oxygen atoms in total. The van der Waals surface area contributed by atoms with Gasteiger partial charge in [0.1, 0.15) is 0 Å². The van der Waals surface area contributed by atoms with E-state index in [-0.39, 0.29) is 12.0 Å². The maximum Gasteiger partial charge on any atom is 0.234 e. The molecule has 1 N–H and O–H groups in total. The lowest BCUT2D eigenvalue weighted by Crippen LogP contribution is -2.44. The highest BCUT2D eigenvalue weighted by atomic mass is 16.5.